The maximum absolute atomic E-state index is 12.5. The largest absolute Gasteiger partial charge is 0.350 e. The third kappa shape index (κ3) is 3.55. The number of carbonyl (C=O) groups excluding carboxylic acids is 1. The van der Waals surface area contributed by atoms with Gasteiger partial charge in [0, 0.05) is 12.6 Å². The summed E-state index contributed by atoms with van der Waals surface area (Å²) in [6, 6.07) is 9.71. The molecule has 4 heteroatoms. The molecule has 1 saturated carbocycles. The van der Waals surface area contributed by atoms with Crippen molar-refractivity contribution in [1.29, 1.82) is 0 Å². The van der Waals surface area contributed by atoms with Gasteiger partial charge in [0.15, 0.2) is 0 Å². The number of hydrogen-bond acceptors (Lipinski definition) is 3. The lowest BCUT2D eigenvalue weighted by Crippen LogP contribution is -2.46. The lowest BCUT2D eigenvalue weighted by atomic mass is 10.0. The molecule has 0 aliphatic heterocycles. The van der Waals surface area contributed by atoms with E-state index in [0.717, 1.165) is 5.56 Å². The van der Waals surface area contributed by atoms with Crippen molar-refractivity contribution in [2.75, 3.05) is 20.6 Å². The Balaban J connectivity index is 2.08. The van der Waals surface area contributed by atoms with Gasteiger partial charge in [-0.05, 0) is 38.4 Å². The highest BCUT2D eigenvalue weighted by atomic mass is 16.2. The molecule has 1 aliphatic carbocycles. The van der Waals surface area contributed by atoms with Gasteiger partial charge >= 0.3 is 0 Å². The van der Waals surface area contributed by atoms with Gasteiger partial charge in [-0.25, -0.2) is 0 Å². The van der Waals surface area contributed by atoms with Crippen LogP contribution >= 0.6 is 0 Å². The number of nitrogens with two attached hydrogens (primary N) is 1. The van der Waals surface area contributed by atoms with Gasteiger partial charge in [-0.15, -0.1) is 0 Å². The molecule has 4 nitrogen and oxygen atoms in total. The zero-order chi connectivity index (χ0) is 13.8. The van der Waals surface area contributed by atoms with E-state index in [1.165, 1.54) is 12.8 Å². The quantitative estimate of drug-likeness (QED) is 0.807. The highest BCUT2D eigenvalue weighted by molar-refractivity contribution is 5.83. The first-order chi connectivity index (χ1) is 9.13. The van der Waals surface area contributed by atoms with Crippen molar-refractivity contribution in [2.24, 2.45) is 11.7 Å². The van der Waals surface area contributed by atoms with E-state index in [1.807, 2.05) is 49.3 Å². The molecule has 0 aromatic heterocycles. The first kappa shape index (κ1) is 14.0. The summed E-state index contributed by atoms with van der Waals surface area (Å²) in [5.74, 6) is 0.617. The summed E-state index contributed by atoms with van der Waals surface area (Å²) in [6.07, 6.45) is 2.36. The summed E-state index contributed by atoms with van der Waals surface area (Å²) in [5.41, 5.74) is 6.76. The van der Waals surface area contributed by atoms with Crippen molar-refractivity contribution in [2.45, 2.75) is 24.9 Å². The van der Waals surface area contributed by atoms with Crippen molar-refractivity contribution >= 4 is 5.91 Å². The highest BCUT2D eigenvalue weighted by Gasteiger charge is 2.33. The Morgan fingerprint density at radius 3 is 2.47 bits per heavy atom. The van der Waals surface area contributed by atoms with E-state index in [2.05, 4.69) is 5.32 Å². The standard InChI is InChI=1S/C15H23N3O/c1-18(2)14(12-6-4-3-5-7-12)15(19)17-13(10-16)11-8-9-11/h3-7,11,13-14H,8-10,16H2,1-2H3,(H,17,19). The average molecular weight is 261 g/mol. The molecule has 2 rings (SSSR count). The average Bonchev–Trinajstić information content (AvgIpc) is 3.21. The van der Waals surface area contributed by atoms with Crippen LogP contribution in [0.25, 0.3) is 0 Å². The molecular weight excluding hydrogens is 238 g/mol. The fourth-order valence-corrected chi connectivity index (χ4v) is 2.45. The van der Waals surface area contributed by atoms with Gasteiger partial charge in [0.05, 0.1) is 0 Å². The predicted octanol–water partition coefficient (Wildman–Crippen LogP) is 1.14. The van der Waals surface area contributed by atoms with Crippen LogP contribution in [0.4, 0.5) is 0 Å². The molecule has 1 fully saturated rings. The highest BCUT2D eigenvalue weighted by Crippen LogP contribution is 2.32. The van der Waals surface area contributed by atoms with Crippen molar-refractivity contribution in [3.8, 4) is 0 Å². The van der Waals surface area contributed by atoms with E-state index in [4.69, 9.17) is 5.73 Å². The third-order valence-electron chi connectivity index (χ3n) is 3.65. The smallest absolute Gasteiger partial charge is 0.242 e. The number of nitrogens with zero attached hydrogens (tertiary/aromatic N) is 1. The Labute approximate surface area is 115 Å². The minimum absolute atomic E-state index is 0.0403. The van der Waals surface area contributed by atoms with E-state index >= 15 is 0 Å². The van der Waals surface area contributed by atoms with Gasteiger partial charge in [0.25, 0.3) is 0 Å². The third-order valence-corrected chi connectivity index (χ3v) is 3.65. The molecule has 0 bridgehead atoms. The molecule has 19 heavy (non-hydrogen) atoms. The van der Waals surface area contributed by atoms with E-state index in [-0.39, 0.29) is 18.0 Å². The van der Waals surface area contributed by atoms with Crippen LogP contribution < -0.4 is 11.1 Å². The molecular formula is C15H23N3O. The number of benzene rings is 1. The topological polar surface area (TPSA) is 58.4 Å². The second kappa shape index (κ2) is 6.17. The lowest BCUT2D eigenvalue weighted by Gasteiger charge is -2.26. The van der Waals surface area contributed by atoms with Gasteiger partial charge in [-0.3, -0.25) is 9.69 Å². The molecule has 1 amide bonds. The summed E-state index contributed by atoms with van der Waals surface area (Å²) < 4.78 is 0. The molecule has 0 heterocycles. The van der Waals surface area contributed by atoms with Crippen LogP contribution in [0.15, 0.2) is 30.3 Å². The van der Waals surface area contributed by atoms with Gasteiger partial charge in [0.1, 0.15) is 6.04 Å². The molecule has 2 unspecified atom stereocenters. The Hall–Kier alpha value is -1.39. The van der Waals surface area contributed by atoms with Gasteiger partial charge in [0.2, 0.25) is 5.91 Å². The summed E-state index contributed by atoms with van der Waals surface area (Å²) in [6.45, 7) is 0.519. The Bertz CT molecular complexity index is 415. The molecule has 0 spiro atoms. The SMILES string of the molecule is CN(C)C(C(=O)NC(CN)C1CC1)c1ccccc1. The molecule has 104 valence electrons. The van der Waals surface area contributed by atoms with E-state index in [0.29, 0.717) is 12.5 Å². The van der Waals surface area contributed by atoms with Crippen LogP contribution in [-0.2, 0) is 4.79 Å². The van der Waals surface area contributed by atoms with Crippen LogP contribution in [-0.4, -0.2) is 37.5 Å². The minimum Gasteiger partial charge on any atom is -0.350 e. The normalized spacial score (nSPS) is 18.1. The van der Waals surface area contributed by atoms with Crippen molar-refractivity contribution < 1.29 is 4.79 Å². The Morgan fingerprint density at radius 2 is 2.00 bits per heavy atom. The second-order valence-electron chi connectivity index (χ2n) is 5.47. The lowest BCUT2D eigenvalue weighted by molar-refractivity contribution is -0.126. The number of likely N-dealkylation sites (N-methyl/N-ethyl adjacent to an activating group) is 1. The van der Waals surface area contributed by atoms with Crippen LogP contribution in [0.5, 0.6) is 0 Å². The van der Waals surface area contributed by atoms with Crippen LogP contribution in [0.3, 0.4) is 0 Å². The number of nitrogens with one attached hydrogen (secondary N) is 1. The molecule has 1 aliphatic rings. The van der Waals surface area contributed by atoms with Crippen molar-refractivity contribution in [3.63, 3.8) is 0 Å². The van der Waals surface area contributed by atoms with Crippen LogP contribution in [0, 0.1) is 5.92 Å². The Morgan fingerprint density at radius 1 is 1.37 bits per heavy atom. The fourth-order valence-electron chi connectivity index (χ4n) is 2.45. The number of carbonyl (C=O) groups is 1. The summed E-state index contributed by atoms with van der Waals surface area (Å²) in [5, 5.41) is 3.10. The summed E-state index contributed by atoms with van der Waals surface area (Å²) in [7, 11) is 3.84. The molecule has 0 saturated heterocycles. The van der Waals surface area contributed by atoms with Crippen molar-refractivity contribution in [1.82, 2.24) is 10.2 Å². The van der Waals surface area contributed by atoms with E-state index < -0.39 is 0 Å². The number of rotatable bonds is 6. The number of amides is 1. The fraction of sp³-hybridized carbons (Fsp3) is 0.533. The zero-order valence-electron chi connectivity index (χ0n) is 11.7. The molecule has 2 atom stereocenters. The van der Waals surface area contributed by atoms with E-state index in [9.17, 15) is 4.79 Å². The first-order valence-corrected chi connectivity index (χ1v) is 6.85. The van der Waals surface area contributed by atoms with Gasteiger partial charge in [-0.1, -0.05) is 30.3 Å². The first-order valence-electron chi connectivity index (χ1n) is 6.85. The van der Waals surface area contributed by atoms with Crippen molar-refractivity contribution in [3.05, 3.63) is 35.9 Å². The predicted molar refractivity (Wildman–Crippen MR) is 76.6 cm³/mol. The molecule has 1 aromatic carbocycles. The van der Waals surface area contributed by atoms with Crippen LogP contribution in [0.2, 0.25) is 0 Å². The summed E-state index contributed by atoms with van der Waals surface area (Å²) >= 11 is 0. The maximum atomic E-state index is 12.5. The second-order valence-corrected chi connectivity index (χ2v) is 5.47. The van der Waals surface area contributed by atoms with Gasteiger partial charge in [-0.2, -0.15) is 0 Å². The molecule has 0 radical (unpaired) electrons. The van der Waals surface area contributed by atoms with Crippen LogP contribution in [0.1, 0.15) is 24.4 Å². The minimum atomic E-state index is -0.256. The Kier molecular flexibility index (Phi) is 4.56. The van der Waals surface area contributed by atoms with E-state index in [1.54, 1.807) is 0 Å². The van der Waals surface area contributed by atoms with Gasteiger partial charge < -0.3 is 11.1 Å². The zero-order valence-corrected chi connectivity index (χ0v) is 11.7. The monoisotopic (exact) mass is 261 g/mol. The molecule has 3 N–H and O–H groups in total. The number of hydrogen-bond donors (Lipinski definition) is 2. The molecule has 1 aromatic rings. The maximum Gasteiger partial charge on any atom is 0.242 e. The summed E-state index contributed by atoms with van der Waals surface area (Å²) in [4.78, 5) is 14.4.